The van der Waals surface area contributed by atoms with Crippen LogP contribution in [0.15, 0.2) is 24.3 Å². The fraction of sp³-hybridized carbons (Fsp3) is 0.429. The molecule has 0 aliphatic rings. The summed E-state index contributed by atoms with van der Waals surface area (Å²) >= 11 is 5.88. The van der Waals surface area contributed by atoms with E-state index >= 15 is 0 Å². The second kappa shape index (κ2) is 5.61. The van der Waals surface area contributed by atoms with Crippen molar-refractivity contribution in [2.75, 3.05) is 5.88 Å². The number of alkyl halides is 1. The van der Waals surface area contributed by atoms with E-state index in [0.717, 1.165) is 10.9 Å². The molecule has 1 aromatic heterocycles. The Morgan fingerprint density at radius 2 is 2.11 bits per heavy atom. The number of carbonyl (C=O) groups excluding carboxylic acids is 1. The molecule has 2 aromatic rings. The summed E-state index contributed by atoms with van der Waals surface area (Å²) < 4.78 is 1.72. The summed E-state index contributed by atoms with van der Waals surface area (Å²) in [4.78, 5) is 12.3. The van der Waals surface area contributed by atoms with Gasteiger partial charge >= 0.3 is 0 Å². The molecule has 1 aromatic carbocycles. The Hall–Kier alpha value is -1.55. The third-order valence-corrected chi connectivity index (χ3v) is 3.59. The number of nitrogens with zero attached hydrogens (tertiary/aromatic N) is 2. The van der Waals surface area contributed by atoms with Gasteiger partial charge < -0.3 is 5.32 Å². The van der Waals surface area contributed by atoms with E-state index in [4.69, 9.17) is 11.6 Å². The standard InChI is InChI=1S/C14H18ClN3O/c1-9(2)11(8-15)16-14(19)13-10-6-4-5-7-12(10)18(3)17-13/h4-7,9,11H,8H2,1-3H3,(H,16,19). The van der Waals surface area contributed by atoms with Gasteiger partial charge in [-0.05, 0) is 12.0 Å². The van der Waals surface area contributed by atoms with Gasteiger partial charge in [-0.2, -0.15) is 5.10 Å². The van der Waals surface area contributed by atoms with E-state index in [1.54, 1.807) is 4.68 Å². The Balaban J connectivity index is 2.32. The van der Waals surface area contributed by atoms with E-state index in [1.807, 2.05) is 45.2 Å². The number of para-hydroxylation sites is 1. The first-order chi connectivity index (χ1) is 9.04. The third kappa shape index (κ3) is 2.73. The lowest BCUT2D eigenvalue weighted by Crippen LogP contribution is -2.40. The lowest BCUT2D eigenvalue weighted by molar-refractivity contribution is 0.0927. The minimum absolute atomic E-state index is 0.0464. The van der Waals surface area contributed by atoms with Gasteiger partial charge in [0.25, 0.3) is 5.91 Å². The van der Waals surface area contributed by atoms with Crippen LogP contribution in [-0.4, -0.2) is 27.6 Å². The topological polar surface area (TPSA) is 46.9 Å². The van der Waals surface area contributed by atoms with Crippen LogP contribution in [0.3, 0.4) is 0 Å². The summed E-state index contributed by atoms with van der Waals surface area (Å²) in [6, 6.07) is 7.64. The second-order valence-corrected chi connectivity index (χ2v) is 5.28. The van der Waals surface area contributed by atoms with Crippen LogP contribution < -0.4 is 5.32 Å². The lowest BCUT2D eigenvalue weighted by Gasteiger charge is -2.19. The van der Waals surface area contributed by atoms with Gasteiger partial charge in [0.05, 0.1) is 5.52 Å². The molecular weight excluding hydrogens is 262 g/mol. The molecule has 0 fully saturated rings. The molecule has 19 heavy (non-hydrogen) atoms. The summed E-state index contributed by atoms with van der Waals surface area (Å²) in [5, 5.41) is 8.10. The number of hydrogen-bond acceptors (Lipinski definition) is 2. The molecule has 5 heteroatoms. The van der Waals surface area contributed by atoms with E-state index in [9.17, 15) is 4.79 Å². The van der Waals surface area contributed by atoms with Gasteiger partial charge in [-0.1, -0.05) is 32.0 Å². The number of aromatic nitrogens is 2. The number of benzene rings is 1. The number of fused-ring (bicyclic) bond motifs is 1. The van der Waals surface area contributed by atoms with Crippen molar-refractivity contribution in [2.24, 2.45) is 13.0 Å². The zero-order chi connectivity index (χ0) is 14.0. The van der Waals surface area contributed by atoms with E-state index in [2.05, 4.69) is 10.4 Å². The molecule has 1 atom stereocenters. The van der Waals surface area contributed by atoms with Gasteiger partial charge in [0.1, 0.15) is 0 Å². The monoisotopic (exact) mass is 279 g/mol. The maximum absolute atomic E-state index is 12.3. The number of halogens is 1. The lowest BCUT2D eigenvalue weighted by atomic mass is 10.1. The number of amides is 1. The van der Waals surface area contributed by atoms with Crippen LogP contribution in [0.5, 0.6) is 0 Å². The predicted octanol–water partition coefficient (Wildman–Crippen LogP) is 2.57. The van der Waals surface area contributed by atoms with Gasteiger partial charge in [0.2, 0.25) is 0 Å². The molecular formula is C14H18ClN3O. The summed E-state index contributed by atoms with van der Waals surface area (Å²) in [6.45, 7) is 4.06. The molecule has 0 saturated heterocycles. The van der Waals surface area contributed by atoms with Gasteiger partial charge in [0.15, 0.2) is 5.69 Å². The molecule has 0 aliphatic heterocycles. The molecule has 0 aliphatic carbocycles. The normalized spacial score (nSPS) is 12.9. The quantitative estimate of drug-likeness (QED) is 0.875. The third-order valence-electron chi connectivity index (χ3n) is 3.26. The largest absolute Gasteiger partial charge is 0.346 e. The maximum Gasteiger partial charge on any atom is 0.272 e. The molecule has 0 spiro atoms. The zero-order valence-corrected chi connectivity index (χ0v) is 12.1. The number of rotatable bonds is 4. The highest BCUT2D eigenvalue weighted by Crippen LogP contribution is 2.17. The first-order valence-electron chi connectivity index (χ1n) is 6.33. The number of carbonyl (C=O) groups is 1. The summed E-state index contributed by atoms with van der Waals surface area (Å²) in [5.74, 6) is 0.515. The summed E-state index contributed by atoms with van der Waals surface area (Å²) in [5.41, 5.74) is 1.40. The molecule has 0 radical (unpaired) electrons. The van der Waals surface area contributed by atoms with Crippen molar-refractivity contribution >= 4 is 28.4 Å². The molecule has 1 unspecified atom stereocenters. The van der Waals surface area contributed by atoms with Gasteiger partial charge in [0, 0.05) is 24.4 Å². The Labute approximate surface area is 117 Å². The molecule has 0 bridgehead atoms. The molecule has 0 saturated carbocycles. The highest BCUT2D eigenvalue weighted by Gasteiger charge is 2.20. The van der Waals surface area contributed by atoms with Crippen molar-refractivity contribution in [1.29, 1.82) is 0 Å². The number of hydrogen-bond donors (Lipinski definition) is 1. The van der Waals surface area contributed by atoms with Gasteiger partial charge in [-0.25, -0.2) is 0 Å². The van der Waals surface area contributed by atoms with Crippen LogP contribution >= 0.6 is 11.6 Å². The van der Waals surface area contributed by atoms with Crippen molar-refractivity contribution in [3.8, 4) is 0 Å². The molecule has 1 heterocycles. The SMILES string of the molecule is CC(C)C(CCl)NC(=O)c1nn(C)c2ccccc12. The van der Waals surface area contributed by atoms with E-state index in [0.29, 0.717) is 11.6 Å². The van der Waals surface area contributed by atoms with Crippen LogP contribution in [0.2, 0.25) is 0 Å². The van der Waals surface area contributed by atoms with Crippen LogP contribution in [0.4, 0.5) is 0 Å². The van der Waals surface area contributed by atoms with Crippen molar-refractivity contribution in [3.05, 3.63) is 30.0 Å². The van der Waals surface area contributed by atoms with E-state index < -0.39 is 0 Å². The Morgan fingerprint density at radius 1 is 1.42 bits per heavy atom. The predicted molar refractivity (Wildman–Crippen MR) is 77.5 cm³/mol. The smallest absolute Gasteiger partial charge is 0.272 e. The van der Waals surface area contributed by atoms with Crippen molar-refractivity contribution in [1.82, 2.24) is 15.1 Å². The summed E-state index contributed by atoms with van der Waals surface area (Å²) in [6.07, 6.45) is 0. The fourth-order valence-electron chi connectivity index (χ4n) is 2.00. The fourth-order valence-corrected chi connectivity index (χ4v) is 2.44. The Morgan fingerprint density at radius 3 is 2.74 bits per heavy atom. The average Bonchev–Trinajstić information content (AvgIpc) is 2.73. The van der Waals surface area contributed by atoms with Crippen LogP contribution in [0.25, 0.3) is 10.9 Å². The van der Waals surface area contributed by atoms with Crippen LogP contribution in [-0.2, 0) is 7.05 Å². The van der Waals surface area contributed by atoms with Crippen LogP contribution in [0, 0.1) is 5.92 Å². The maximum atomic E-state index is 12.3. The highest BCUT2D eigenvalue weighted by atomic mass is 35.5. The molecule has 1 N–H and O–H groups in total. The first-order valence-corrected chi connectivity index (χ1v) is 6.86. The Kier molecular flexibility index (Phi) is 4.10. The minimum Gasteiger partial charge on any atom is -0.346 e. The molecule has 2 rings (SSSR count). The Bertz CT molecular complexity index is 591. The second-order valence-electron chi connectivity index (χ2n) is 4.97. The van der Waals surface area contributed by atoms with Crippen molar-refractivity contribution in [2.45, 2.75) is 19.9 Å². The van der Waals surface area contributed by atoms with Crippen molar-refractivity contribution in [3.63, 3.8) is 0 Å². The molecule has 1 amide bonds. The van der Waals surface area contributed by atoms with Gasteiger partial charge in [-0.15, -0.1) is 11.6 Å². The van der Waals surface area contributed by atoms with E-state index in [1.165, 1.54) is 0 Å². The van der Waals surface area contributed by atoms with Gasteiger partial charge in [-0.3, -0.25) is 9.48 Å². The highest BCUT2D eigenvalue weighted by molar-refractivity contribution is 6.18. The number of nitrogens with one attached hydrogen (secondary N) is 1. The van der Waals surface area contributed by atoms with Crippen LogP contribution in [0.1, 0.15) is 24.3 Å². The minimum atomic E-state index is -0.170. The zero-order valence-electron chi connectivity index (χ0n) is 11.4. The first kappa shape index (κ1) is 13.9. The number of aryl methyl sites for hydroxylation is 1. The molecule has 102 valence electrons. The van der Waals surface area contributed by atoms with E-state index in [-0.39, 0.29) is 17.9 Å². The van der Waals surface area contributed by atoms with Crippen molar-refractivity contribution < 1.29 is 4.79 Å². The summed E-state index contributed by atoms with van der Waals surface area (Å²) in [7, 11) is 1.83. The average molecular weight is 280 g/mol. The molecule has 4 nitrogen and oxygen atoms in total.